The summed E-state index contributed by atoms with van der Waals surface area (Å²) < 4.78 is 6.13. The van der Waals surface area contributed by atoms with Crippen LogP contribution in [-0.2, 0) is 0 Å². The molecule has 1 aromatic carbocycles. The summed E-state index contributed by atoms with van der Waals surface area (Å²) in [5.74, 6) is 1.01. The highest BCUT2D eigenvalue weighted by Crippen LogP contribution is 2.25. The van der Waals surface area contributed by atoms with Gasteiger partial charge in [0.05, 0.1) is 11.5 Å². The van der Waals surface area contributed by atoms with Crippen LogP contribution in [0.3, 0.4) is 0 Å². The van der Waals surface area contributed by atoms with Gasteiger partial charge >= 0.3 is 5.69 Å². The molecule has 0 saturated carbocycles. The molecule has 0 amide bonds. The first kappa shape index (κ1) is 15.2. The van der Waals surface area contributed by atoms with E-state index in [9.17, 15) is 10.1 Å². The molecule has 0 fully saturated rings. The summed E-state index contributed by atoms with van der Waals surface area (Å²) in [6.07, 6.45) is 1.51. The summed E-state index contributed by atoms with van der Waals surface area (Å²) in [5, 5.41) is 13.8. The summed E-state index contributed by atoms with van der Waals surface area (Å²) >= 11 is 3.16. The van der Waals surface area contributed by atoms with Crippen molar-refractivity contribution in [1.82, 2.24) is 4.98 Å². The van der Waals surface area contributed by atoms with Gasteiger partial charge in [-0.2, -0.15) is 0 Å². The van der Waals surface area contributed by atoms with Crippen LogP contribution in [0.4, 0.5) is 11.5 Å². The van der Waals surface area contributed by atoms with Gasteiger partial charge in [-0.3, -0.25) is 10.1 Å². The number of pyridine rings is 1. The predicted octanol–water partition coefficient (Wildman–Crippen LogP) is 3.55. The molecule has 2 rings (SSSR count). The van der Waals surface area contributed by atoms with E-state index >= 15 is 0 Å². The van der Waals surface area contributed by atoms with Crippen molar-refractivity contribution in [1.29, 1.82) is 0 Å². The van der Waals surface area contributed by atoms with Crippen molar-refractivity contribution in [3.8, 4) is 5.75 Å². The van der Waals surface area contributed by atoms with Crippen LogP contribution in [0.25, 0.3) is 0 Å². The van der Waals surface area contributed by atoms with Crippen molar-refractivity contribution in [2.45, 2.75) is 6.92 Å². The molecule has 0 radical (unpaired) electrons. The van der Waals surface area contributed by atoms with E-state index in [0.717, 1.165) is 11.3 Å². The third-order valence-corrected chi connectivity index (χ3v) is 3.12. The standard InChI is InChI=1S/C14H14BrN3O3/c1-10-3-2-4-12(7-10)21-6-5-16-14-13(18(19)20)8-11(15)9-17-14/h2-4,7-9H,5-6H2,1H3,(H,16,17). The fourth-order valence-electron chi connectivity index (χ4n) is 1.75. The van der Waals surface area contributed by atoms with Gasteiger partial charge in [-0.05, 0) is 40.5 Å². The van der Waals surface area contributed by atoms with Gasteiger partial charge in [-0.1, -0.05) is 12.1 Å². The first-order valence-electron chi connectivity index (χ1n) is 6.29. The maximum atomic E-state index is 10.9. The minimum atomic E-state index is -0.471. The number of nitro groups is 1. The predicted molar refractivity (Wildman–Crippen MR) is 83.8 cm³/mol. The number of benzene rings is 1. The SMILES string of the molecule is Cc1cccc(OCCNc2ncc(Br)cc2[N+](=O)[O-])c1. The molecule has 0 aliphatic heterocycles. The minimum absolute atomic E-state index is 0.0695. The highest BCUT2D eigenvalue weighted by Gasteiger charge is 2.15. The topological polar surface area (TPSA) is 77.3 Å². The number of aromatic nitrogens is 1. The Bertz CT molecular complexity index is 649. The zero-order valence-corrected chi connectivity index (χ0v) is 13.0. The molecule has 110 valence electrons. The normalized spacial score (nSPS) is 10.2. The van der Waals surface area contributed by atoms with E-state index in [0.29, 0.717) is 17.6 Å². The molecular formula is C14H14BrN3O3. The maximum absolute atomic E-state index is 10.9. The Labute approximate surface area is 130 Å². The van der Waals surface area contributed by atoms with E-state index in [1.54, 1.807) is 0 Å². The number of ether oxygens (including phenoxy) is 1. The second kappa shape index (κ2) is 7.03. The molecule has 1 heterocycles. The summed E-state index contributed by atoms with van der Waals surface area (Å²) in [6.45, 7) is 2.79. The Kier molecular flexibility index (Phi) is 5.10. The van der Waals surface area contributed by atoms with Crippen LogP contribution in [0.2, 0.25) is 0 Å². The lowest BCUT2D eigenvalue weighted by Gasteiger charge is -2.09. The second-order valence-electron chi connectivity index (χ2n) is 4.37. The van der Waals surface area contributed by atoms with Crippen LogP contribution < -0.4 is 10.1 Å². The Morgan fingerprint density at radius 1 is 1.43 bits per heavy atom. The molecule has 0 unspecified atom stereocenters. The molecule has 2 aromatic rings. The van der Waals surface area contributed by atoms with Crippen molar-refractivity contribution < 1.29 is 9.66 Å². The number of nitrogens with one attached hydrogen (secondary N) is 1. The van der Waals surface area contributed by atoms with Gasteiger partial charge in [0.1, 0.15) is 12.4 Å². The van der Waals surface area contributed by atoms with Crippen LogP contribution in [0.1, 0.15) is 5.56 Å². The lowest BCUT2D eigenvalue weighted by Crippen LogP contribution is -2.13. The Morgan fingerprint density at radius 2 is 2.24 bits per heavy atom. The number of hydrogen-bond acceptors (Lipinski definition) is 5. The number of hydrogen-bond donors (Lipinski definition) is 1. The number of anilines is 1. The molecule has 7 heteroatoms. The molecule has 1 aromatic heterocycles. The third-order valence-electron chi connectivity index (χ3n) is 2.68. The third kappa shape index (κ3) is 4.42. The van der Waals surface area contributed by atoms with E-state index in [2.05, 4.69) is 26.2 Å². The molecular weight excluding hydrogens is 338 g/mol. The molecule has 6 nitrogen and oxygen atoms in total. The first-order valence-corrected chi connectivity index (χ1v) is 7.09. The molecule has 0 aliphatic carbocycles. The van der Waals surface area contributed by atoms with Crippen molar-refractivity contribution in [3.63, 3.8) is 0 Å². The van der Waals surface area contributed by atoms with Crippen molar-refractivity contribution in [2.75, 3.05) is 18.5 Å². The average Bonchev–Trinajstić information content (AvgIpc) is 2.44. The van der Waals surface area contributed by atoms with E-state index in [1.807, 2.05) is 31.2 Å². The number of aryl methyl sites for hydroxylation is 1. The summed E-state index contributed by atoms with van der Waals surface area (Å²) in [6, 6.07) is 9.11. The zero-order valence-electron chi connectivity index (χ0n) is 11.4. The van der Waals surface area contributed by atoms with E-state index in [4.69, 9.17) is 4.74 Å². The van der Waals surface area contributed by atoms with Gasteiger partial charge in [-0.15, -0.1) is 0 Å². The molecule has 0 bridgehead atoms. The minimum Gasteiger partial charge on any atom is -0.492 e. The van der Waals surface area contributed by atoms with Crippen molar-refractivity contribution >= 4 is 27.4 Å². The Balaban J connectivity index is 1.90. The van der Waals surface area contributed by atoms with Crippen LogP contribution in [-0.4, -0.2) is 23.1 Å². The second-order valence-corrected chi connectivity index (χ2v) is 5.29. The summed E-state index contributed by atoms with van der Waals surface area (Å²) in [7, 11) is 0. The Hall–Kier alpha value is -2.15. The number of rotatable bonds is 6. The smallest absolute Gasteiger partial charge is 0.312 e. The van der Waals surface area contributed by atoms with Crippen LogP contribution in [0.5, 0.6) is 5.75 Å². The van der Waals surface area contributed by atoms with Gasteiger partial charge in [0, 0.05) is 16.7 Å². The van der Waals surface area contributed by atoms with Crippen LogP contribution >= 0.6 is 15.9 Å². The van der Waals surface area contributed by atoms with Gasteiger partial charge < -0.3 is 10.1 Å². The first-order chi connectivity index (χ1) is 10.1. The van der Waals surface area contributed by atoms with Gasteiger partial charge in [0.15, 0.2) is 0 Å². The molecule has 0 atom stereocenters. The van der Waals surface area contributed by atoms with Gasteiger partial charge in [0.25, 0.3) is 0 Å². The largest absolute Gasteiger partial charge is 0.492 e. The maximum Gasteiger partial charge on any atom is 0.312 e. The summed E-state index contributed by atoms with van der Waals surface area (Å²) in [4.78, 5) is 14.5. The highest BCUT2D eigenvalue weighted by molar-refractivity contribution is 9.10. The lowest BCUT2D eigenvalue weighted by molar-refractivity contribution is -0.384. The van der Waals surface area contributed by atoms with Gasteiger partial charge in [0.2, 0.25) is 5.82 Å². The average molecular weight is 352 g/mol. The molecule has 0 saturated heterocycles. The van der Waals surface area contributed by atoms with E-state index < -0.39 is 4.92 Å². The van der Waals surface area contributed by atoms with Crippen LogP contribution in [0, 0.1) is 17.0 Å². The van der Waals surface area contributed by atoms with Crippen molar-refractivity contribution in [3.05, 3.63) is 56.7 Å². The molecule has 21 heavy (non-hydrogen) atoms. The fourth-order valence-corrected chi connectivity index (χ4v) is 2.07. The summed E-state index contributed by atoms with van der Waals surface area (Å²) in [5.41, 5.74) is 1.05. The lowest BCUT2D eigenvalue weighted by atomic mass is 10.2. The molecule has 1 N–H and O–H groups in total. The number of nitrogens with zero attached hydrogens (tertiary/aromatic N) is 2. The van der Waals surface area contributed by atoms with E-state index in [-0.39, 0.29) is 11.5 Å². The van der Waals surface area contributed by atoms with E-state index in [1.165, 1.54) is 12.3 Å². The van der Waals surface area contributed by atoms with Crippen LogP contribution in [0.15, 0.2) is 41.0 Å². The molecule has 0 aliphatic rings. The zero-order chi connectivity index (χ0) is 15.2. The number of halogens is 1. The van der Waals surface area contributed by atoms with Crippen molar-refractivity contribution in [2.24, 2.45) is 0 Å². The van der Waals surface area contributed by atoms with Gasteiger partial charge in [-0.25, -0.2) is 4.98 Å². The highest BCUT2D eigenvalue weighted by atomic mass is 79.9. The monoisotopic (exact) mass is 351 g/mol. The fraction of sp³-hybridized carbons (Fsp3) is 0.214. The quantitative estimate of drug-likeness (QED) is 0.489. The Morgan fingerprint density at radius 3 is 2.95 bits per heavy atom. The molecule has 0 spiro atoms.